The Bertz CT molecular complexity index is 972. The van der Waals surface area contributed by atoms with Crippen molar-refractivity contribution in [3.63, 3.8) is 0 Å². The fourth-order valence-electron chi connectivity index (χ4n) is 2.69. The Morgan fingerprint density at radius 2 is 2.00 bits per heavy atom. The van der Waals surface area contributed by atoms with E-state index in [1.807, 2.05) is 0 Å². The molecule has 3 rings (SSSR count). The van der Waals surface area contributed by atoms with Gasteiger partial charge in [-0.3, -0.25) is 0 Å². The molecule has 0 spiro atoms. The van der Waals surface area contributed by atoms with Crippen LogP contribution in [0.25, 0.3) is 22.6 Å². The smallest absolute Gasteiger partial charge is 0.405 e. The Morgan fingerprint density at radius 3 is 2.62 bits per heavy atom. The lowest BCUT2D eigenvalue weighted by molar-refractivity contribution is 0.190. The number of rotatable bonds is 4. The molecule has 0 saturated carbocycles. The van der Waals surface area contributed by atoms with E-state index in [4.69, 9.17) is 9.63 Å². The lowest BCUT2D eigenvalue weighted by atomic mass is 9.96. The molecule has 6 nitrogen and oxygen atoms in total. The molecule has 2 aromatic carbocycles. The maximum atomic E-state index is 14.5. The largest absolute Gasteiger partial charge is 0.465 e. The van der Waals surface area contributed by atoms with Crippen molar-refractivity contribution in [3.8, 4) is 22.6 Å². The van der Waals surface area contributed by atoms with Gasteiger partial charge in [0.2, 0.25) is 0 Å². The maximum Gasteiger partial charge on any atom is 0.405 e. The fraction of sp³-hybridized carbons (Fsp3) is 0.167. The molecule has 0 aliphatic rings. The second-order valence-corrected chi connectivity index (χ2v) is 5.72. The number of hydrogen-bond acceptors (Lipinski definition) is 4. The van der Waals surface area contributed by atoms with E-state index in [2.05, 4.69) is 15.5 Å². The Morgan fingerprint density at radius 1 is 1.23 bits per heavy atom. The monoisotopic (exact) mass is 359 g/mol. The molecule has 0 radical (unpaired) electrons. The van der Waals surface area contributed by atoms with Crippen LogP contribution < -0.4 is 5.32 Å². The molecule has 26 heavy (non-hydrogen) atoms. The lowest BCUT2D eigenvalue weighted by Gasteiger charge is -2.14. The molecule has 1 aromatic heterocycles. The summed E-state index contributed by atoms with van der Waals surface area (Å²) in [7, 11) is 0. The minimum Gasteiger partial charge on any atom is -0.465 e. The highest BCUT2D eigenvalue weighted by molar-refractivity contribution is 5.80. The highest BCUT2D eigenvalue weighted by Crippen LogP contribution is 2.34. The number of nitrogens with one attached hydrogen (secondary N) is 1. The van der Waals surface area contributed by atoms with Crippen molar-refractivity contribution in [1.29, 1.82) is 0 Å². The molecule has 0 bridgehead atoms. The van der Waals surface area contributed by atoms with Gasteiger partial charge in [-0.05, 0) is 37.1 Å². The van der Waals surface area contributed by atoms with E-state index in [9.17, 15) is 13.6 Å². The van der Waals surface area contributed by atoms with Crippen LogP contribution in [-0.2, 0) is 0 Å². The summed E-state index contributed by atoms with van der Waals surface area (Å²) in [6.07, 6.45) is -1.25. The van der Waals surface area contributed by atoms with Gasteiger partial charge in [-0.2, -0.15) is 4.98 Å². The van der Waals surface area contributed by atoms with Crippen molar-refractivity contribution in [3.05, 3.63) is 59.4 Å². The van der Waals surface area contributed by atoms with E-state index >= 15 is 0 Å². The average Bonchev–Trinajstić information content (AvgIpc) is 2.99. The van der Waals surface area contributed by atoms with Gasteiger partial charge in [-0.1, -0.05) is 29.4 Å². The van der Waals surface area contributed by atoms with E-state index in [0.717, 1.165) is 0 Å². The number of carboxylic acid groups (broad SMARTS) is 1. The van der Waals surface area contributed by atoms with Gasteiger partial charge in [0.25, 0.3) is 5.89 Å². The van der Waals surface area contributed by atoms with Crippen LogP contribution in [-0.4, -0.2) is 21.3 Å². The van der Waals surface area contributed by atoms with Gasteiger partial charge in [-0.25, -0.2) is 13.6 Å². The SMILES string of the molecule is Cc1noc(-c2c(F)cccc2-c2ccc(C(C)NC(=O)O)c(F)c2)n1. The zero-order valence-electron chi connectivity index (χ0n) is 14.0. The first-order valence-corrected chi connectivity index (χ1v) is 7.75. The molecule has 1 unspecified atom stereocenters. The van der Waals surface area contributed by atoms with E-state index < -0.39 is 23.8 Å². The third kappa shape index (κ3) is 3.39. The van der Waals surface area contributed by atoms with Crippen molar-refractivity contribution < 1.29 is 23.2 Å². The predicted molar refractivity (Wildman–Crippen MR) is 89.4 cm³/mol. The first kappa shape index (κ1) is 17.5. The van der Waals surface area contributed by atoms with Crippen LogP contribution in [0.4, 0.5) is 13.6 Å². The molecule has 1 heterocycles. The van der Waals surface area contributed by atoms with Crippen molar-refractivity contribution >= 4 is 6.09 Å². The summed E-state index contributed by atoms with van der Waals surface area (Å²) >= 11 is 0. The molecule has 2 N–H and O–H groups in total. The molecule has 0 aliphatic carbocycles. The van der Waals surface area contributed by atoms with Crippen molar-refractivity contribution in [2.45, 2.75) is 19.9 Å². The molecule has 8 heteroatoms. The third-order valence-electron chi connectivity index (χ3n) is 3.87. The van der Waals surface area contributed by atoms with Crippen LogP contribution in [0.5, 0.6) is 0 Å². The van der Waals surface area contributed by atoms with Gasteiger partial charge in [0.05, 0.1) is 11.6 Å². The van der Waals surface area contributed by atoms with Crippen LogP contribution in [0.3, 0.4) is 0 Å². The first-order valence-electron chi connectivity index (χ1n) is 7.75. The topological polar surface area (TPSA) is 88.2 Å². The Kier molecular flexibility index (Phi) is 4.66. The molecule has 134 valence electrons. The molecular weight excluding hydrogens is 344 g/mol. The quantitative estimate of drug-likeness (QED) is 0.724. The van der Waals surface area contributed by atoms with E-state index in [1.54, 1.807) is 19.1 Å². The normalized spacial score (nSPS) is 12.0. The highest BCUT2D eigenvalue weighted by Gasteiger charge is 2.20. The molecule has 0 aliphatic heterocycles. The number of carbonyl (C=O) groups is 1. The number of aryl methyl sites for hydroxylation is 1. The Labute approximate surface area is 147 Å². The number of benzene rings is 2. The number of hydrogen-bond donors (Lipinski definition) is 2. The summed E-state index contributed by atoms with van der Waals surface area (Å²) in [5, 5.41) is 14.6. The van der Waals surface area contributed by atoms with Crippen LogP contribution >= 0.6 is 0 Å². The van der Waals surface area contributed by atoms with Crippen LogP contribution in [0.2, 0.25) is 0 Å². The molecular formula is C18H15F2N3O3. The molecule has 0 saturated heterocycles. The van der Waals surface area contributed by atoms with Crippen LogP contribution in [0.15, 0.2) is 40.9 Å². The predicted octanol–water partition coefficient (Wildman–Crippen LogP) is 4.32. The van der Waals surface area contributed by atoms with Gasteiger partial charge in [0.1, 0.15) is 11.6 Å². The van der Waals surface area contributed by atoms with Crippen molar-refractivity contribution in [2.24, 2.45) is 0 Å². The molecule has 0 fully saturated rings. The number of amides is 1. The van der Waals surface area contributed by atoms with Gasteiger partial charge in [-0.15, -0.1) is 0 Å². The lowest BCUT2D eigenvalue weighted by Crippen LogP contribution is -2.25. The molecule has 3 aromatic rings. The second kappa shape index (κ2) is 6.91. The number of aromatic nitrogens is 2. The number of nitrogens with zero attached hydrogens (tertiary/aromatic N) is 2. The van der Waals surface area contributed by atoms with Gasteiger partial charge in [0.15, 0.2) is 5.82 Å². The Hall–Kier alpha value is -3.29. The summed E-state index contributed by atoms with van der Waals surface area (Å²) in [5.74, 6) is -0.831. The maximum absolute atomic E-state index is 14.5. The summed E-state index contributed by atoms with van der Waals surface area (Å²) in [6, 6.07) is 7.90. The highest BCUT2D eigenvalue weighted by atomic mass is 19.1. The standard InChI is InChI=1S/C18H15F2N3O3/c1-9(21-18(24)25)12-7-6-11(8-15(12)20)13-4-3-5-14(19)16(13)17-22-10(2)23-26-17/h3-9,21H,1-2H3,(H,24,25). The second-order valence-electron chi connectivity index (χ2n) is 5.72. The molecule has 1 atom stereocenters. The zero-order valence-corrected chi connectivity index (χ0v) is 14.0. The number of halogens is 2. The van der Waals surface area contributed by atoms with Crippen LogP contribution in [0.1, 0.15) is 24.4 Å². The summed E-state index contributed by atoms with van der Waals surface area (Å²) < 4.78 is 33.9. The first-order chi connectivity index (χ1) is 12.4. The summed E-state index contributed by atoms with van der Waals surface area (Å²) in [4.78, 5) is 14.8. The minimum absolute atomic E-state index is 0.000923. The van der Waals surface area contributed by atoms with Crippen LogP contribution in [0, 0.1) is 18.6 Å². The van der Waals surface area contributed by atoms with Gasteiger partial charge < -0.3 is 14.9 Å². The van der Waals surface area contributed by atoms with Crippen molar-refractivity contribution in [1.82, 2.24) is 15.5 Å². The minimum atomic E-state index is -1.25. The van der Waals surface area contributed by atoms with Gasteiger partial charge in [0, 0.05) is 5.56 Å². The zero-order chi connectivity index (χ0) is 18.8. The van der Waals surface area contributed by atoms with Crippen molar-refractivity contribution in [2.75, 3.05) is 0 Å². The van der Waals surface area contributed by atoms with E-state index in [0.29, 0.717) is 17.0 Å². The Balaban J connectivity index is 2.07. The summed E-state index contributed by atoms with van der Waals surface area (Å²) in [6.45, 7) is 3.14. The molecule has 1 amide bonds. The third-order valence-corrected chi connectivity index (χ3v) is 3.87. The van der Waals surface area contributed by atoms with E-state index in [1.165, 1.54) is 31.2 Å². The fourth-order valence-corrected chi connectivity index (χ4v) is 2.69. The average molecular weight is 359 g/mol. The van der Waals surface area contributed by atoms with Gasteiger partial charge >= 0.3 is 6.09 Å². The van der Waals surface area contributed by atoms with E-state index in [-0.39, 0.29) is 17.0 Å². The summed E-state index contributed by atoms with van der Waals surface area (Å²) in [5.41, 5.74) is 1.05.